The molecule has 0 bridgehead atoms. The lowest BCUT2D eigenvalue weighted by molar-refractivity contribution is -0.131. The molecule has 4 fully saturated rings. The van der Waals surface area contributed by atoms with E-state index in [2.05, 4.69) is 26.5 Å². The zero-order valence-electron chi connectivity index (χ0n) is 19.5. The number of nitrogens with zero attached hydrogens (tertiary/aromatic N) is 3. The standard InChI is InChI=1S/C24H33N5O5/c30-21(5-8-29-22(31)24(26-23(29)32)6-1-2-7-24)25-19-4-3-18(27-9-13-33-14-10-27)17-20(19)28-11-15-34-16-12-28/h3-4,17H,1-2,5-16H2,(H,25,30)(H,26,32). The van der Waals surface area contributed by atoms with Gasteiger partial charge in [-0.25, -0.2) is 4.79 Å². The molecule has 10 nitrogen and oxygen atoms in total. The molecule has 5 rings (SSSR count). The lowest BCUT2D eigenvalue weighted by atomic mass is 9.98. The molecule has 0 aromatic heterocycles. The average Bonchev–Trinajstić information content (AvgIpc) is 3.43. The highest BCUT2D eigenvalue weighted by molar-refractivity contribution is 6.07. The molecular formula is C24H33N5O5. The van der Waals surface area contributed by atoms with Gasteiger partial charge in [-0.1, -0.05) is 12.8 Å². The summed E-state index contributed by atoms with van der Waals surface area (Å²) in [5.74, 6) is -0.409. The molecule has 1 aliphatic carbocycles. The van der Waals surface area contributed by atoms with E-state index in [1.807, 2.05) is 12.1 Å². The highest BCUT2D eigenvalue weighted by atomic mass is 16.5. The summed E-state index contributed by atoms with van der Waals surface area (Å²) >= 11 is 0. The predicted octanol–water partition coefficient (Wildman–Crippen LogP) is 1.55. The second-order valence-electron chi connectivity index (χ2n) is 9.37. The van der Waals surface area contributed by atoms with Crippen molar-refractivity contribution >= 4 is 34.9 Å². The summed E-state index contributed by atoms with van der Waals surface area (Å²) in [7, 11) is 0. The normalized spacial score (nSPS) is 22.4. The van der Waals surface area contributed by atoms with Gasteiger partial charge >= 0.3 is 6.03 Å². The zero-order valence-corrected chi connectivity index (χ0v) is 19.5. The Morgan fingerprint density at radius 3 is 2.29 bits per heavy atom. The maximum atomic E-state index is 12.9. The maximum absolute atomic E-state index is 12.9. The number of amides is 4. The average molecular weight is 472 g/mol. The fourth-order valence-corrected chi connectivity index (χ4v) is 5.33. The SMILES string of the molecule is O=C(CCN1C(=O)NC2(CCCC2)C1=O)Nc1ccc(N2CCOCC2)cc1N1CCOCC1. The van der Waals surface area contributed by atoms with Crippen LogP contribution in [0.15, 0.2) is 18.2 Å². The summed E-state index contributed by atoms with van der Waals surface area (Å²) < 4.78 is 11.0. The lowest BCUT2D eigenvalue weighted by Gasteiger charge is -2.33. The number of ether oxygens (including phenoxy) is 2. The highest BCUT2D eigenvalue weighted by Gasteiger charge is 2.52. The van der Waals surface area contributed by atoms with Crippen LogP contribution in [0.5, 0.6) is 0 Å². The number of anilines is 3. The van der Waals surface area contributed by atoms with E-state index in [0.717, 1.165) is 56.1 Å². The summed E-state index contributed by atoms with van der Waals surface area (Å²) in [5.41, 5.74) is 2.05. The number of rotatable bonds is 6. The van der Waals surface area contributed by atoms with Crippen LogP contribution in [-0.4, -0.2) is 87.4 Å². The van der Waals surface area contributed by atoms with Gasteiger partial charge in [-0.3, -0.25) is 14.5 Å². The molecule has 2 N–H and O–H groups in total. The van der Waals surface area contributed by atoms with E-state index in [0.29, 0.717) is 39.3 Å². The first-order valence-electron chi connectivity index (χ1n) is 12.3. The molecule has 184 valence electrons. The molecule has 1 aromatic carbocycles. The van der Waals surface area contributed by atoms with Crippen LogP contribution in [0, 0.1) is 0 Å². The zero-order chi connectivity index (χ0) is 23.5. The van der Waals surface area contributed by atoms with Crippen molar-refractivity contribution in [2.75, 3.05) is 74.3 Å². The van der Waals surface area contributed by atoms with Crippen LogP contribution in [0.25, 0.3) is 0 Å². The molecule has 3 aliphatic heterocycles. The molecule has 1 spiro atoms. The first-order valence-corrected chi connectivity index (χ1v) is 12.3. The van der Waals surface area contributed by atoms with Gasteiger partial charge in [0.15, 0.2) is 0 Å². The van der Waals surface area contributed by atoms with Crippen molar-refractivity contribution in [1.29, 1.82) is 0 Å². The summed E-state index contributed by atoms with van der Waals surface area (Å²) in [6, 6.07) is 5.69. The number of carbonyl (C=O) groups excluding carboxylic acids is 3. The minimum atomic E-state index is -0.744. The molecule has 34 heavy (non-hydrogen) atoms. The number of carbonyl (C=O) groups is 3. The van der Waals surface area contributed by atoms with E-state index in [1.54, 1.807) is 0 Å². The van der Waals surface area contributed by atoms with Crippen LogP contribution < -0.4 is 20.4 Å². The largest absolute Gasteiger partial charge is 0.378 e. The fraction of sp³-hybridized carbons (Fsp3) is 0.625. The van der Waals surface area contributed by atoms with Crippen LogP contribution in [0.1, 0.15) is 32.1 Å². The van der Waals surface area contributed by atoms with Gasteiger partial charge in [-0.2, -0.15) is 0 Å². The molecule has 3 heterocycles. The van der Waals surface area contributed by atoms with E-state index in [1.165, 1.54) is 4.90 Å². The van der Waals surface area contributed by atoms with Crippen molar-refractivity contribution in [3.05, 3.63) is 18.2 Å². The second kappa shape index (κ2) is 9.79. The maximum Gasteiger partial charge on any atom is 0.325 e. The van der Waals surface area contributed by atoms with Crippen LogP contribution in [0.2, 0.25) is 0 Å². The summed E-state index contributed by atoms with van der Waals surface area (Å²) in [6.45, 7) is 5.94. The van der Waals surface area contributed by atoms with E-state index < -0.39 is 5.54 Å². The Kier molecular flexibility index (Phi) is 6.60. The topological polar surface area (TPSA) is 103 Å². The van der Waals surface area contributed by atoms with Crippen molar-refractivity contribution in [3.8, 4) is 0 Å². The van der Waals surface area contributed by atoms with Crippen LogP contribution in [-0.2, 0) is 19.1 Å². The van der Waals surface area contributed by atoms with E-state index in [4.69, 9.17) is 9.47 Å². The Morgan fingerprint density at radius 1 is 0.971 bits per heavy atom. The van der Waals surface area contributed by atoms with Gasteiger partial charge in [0.25, 0.3) is 5.91 Å². The molecule has 1 saturated carbocycles. The predicted molar refractivity (Wildman–Crippen MR) is 127 cm³/mol. The number of hydrogen-bond acceptors (Lipinski definition) is 7. The Labute approximate surface area is 199 Å². The number of imide groups is 1. The minimum absolute atomic E-state index is 0.0585. The van der Waals surface area contributed by atoms with Gasteiger partial charge in [0.1, 0.15) is 5.54 Å². The van der Waals surface area contributed by atoms with Crippen LogP contribution in [0.3, 0.4) is 0 Å². The van der Waals surface area contributed by atoms with E-state index in [9.17, 15) is 14.4 Å². The van der Waals surface area contributed by atoms with Crippen molar-refractivity contribution in [2.24, 2.45) is 0 Å². The Bertz CT molecular complexity index is 936. The van der Waals surface area contributed by atoms with Crippen molar-refractivity contribution in [1.82, 2.24) is 10.2 Å². The molecule has 3 saturated heterocycles. The van der Waals surface area contributed by atoms with Gasteiger partial charge in [-0.05, 0) is 31.0 Å². The molecule has 4 aliphatic rings. The van der Waals surface area contributed by atoms with Crippen molar-refractivity contribution < 1.29 is 23.9 Å². The van der Waals surface area contributed by atoms with Gasteiger partial charge in [0.2, 0.25) is 5.91 Å². The van der Waals surface area contributed by atoms with Crippen molar-refractivity contribution in [3.63, 3.8) is 0 Å². The molecule has 0 radical (unpaired) electrons. The first-order chi connectivity index (χ1) is 16.6. The third kappa shape index (κ3) is 4.56. The first kappa shape index (κ1) is 22.9. The Balaban J connectivity index is 1.26. The number of benzene rings is 1. The molecule has 4 amide bonds. The number of urea groups is 1. The number of nitrogens with one attached hydrogen (secondary N) is 2. The second-order valence-corrected chi connectivity index (χ2v) is 9.37. The van der Waals surface area contributed by atoms with E-state index >= 15 is 0 Å². The smallest absolute Gasteiger partial charge is 0.325 e. The van der Waals surface area contributed by atoms with Crippen LogP contribution in [0.4, 0.5) is 21.9 Å². The number of morpholine rings is 2. The fourth-order valence-electron chi connectivity index (χ4n) is 5.33. The summed E-state index contributed by atoms with van der Waals surface area (Å²) in [4.78, 5) is 43.8. The Morgan fingerprint density at radius 2 is 1.62 bits per heavy atom. The molecule has 10 heteroatoms. The van der Waals surface area contributed by atoms with Gasteiger partial charge in [0, 0.05) is 44.8 Å². The molecule has 1 aromatic rings. The number of hydrogen-bond donors (Lipinski definition) is 2. The third-order valence-corrected chi connectivity index (χ3v) is 7.25. The third-order valence-electron chi connectivity index (χ3n) is 7.25. The van der Waals surface area contributed by atoms with Crippen molar-refractivity contribution in [2.45, 2.75) is 37.6 Å². The minimum Gasteiger partial charge on any atom is -0.378 e. The van der Waals surface area contributed by atoms with Crippen LogP contribution >= 0.6 is 0 Å². The molecule has 0 unspecified atom stereocenters. The monoisotopic (exact) mass is 471 g/mol. The quantitative estimate of drug-likeness (QED) is 0.607. The van der Waals surface area contributed by atoms with Gasteiger partial charge in [0.05, 0.1) is 37.8 Å². The molecular weight excluding hydrogens is 438 g/mol. The lowest BCUT2D eigenvalue weighted by Crippen LogP contribution is -2.44. The van der Waals surface area contributed by atoms with Gasteiger partial charge in [-0.15, -0.1) is 0 Å². The summed E-state index contributed by atoms with van der Waals surface area (Å²) in [5, 5.41) is 5.88. The van der Waals surface area contributed by atoms with E-state index in [-0.39, 0.29) is 30.8 Å². The van der Waals surface area contributed by atoms with Gasteiger partial charge < -0.3 is 29.9 Å². The highest BCUT2D eigenvalue weighted by Crippen LogP contribution is 2.35. The summed E-state index contributed by atoms with van der Waals surface area (Å²) in [6.07, 6.45) is 3.29. The Hall–Kier alpha value is -2.85. The molecule has 0 atom stereocenters.